The summed E-state index contributed by atoms with van der Waals surface area (Å²) in [6.45, 7) is 10.9. The molecule has 0 saturated heterocycles. The summed E-state index contributed by atoms with van der Waals surface area (Å²) in [7, 11) is 0. The van der Waals surface area contributed by atoms with E-state index in [1.54, 1.807) is 0 Å². The lowest BCUT2D eigenvalue weighted by Gasteiger charge is -2.36. The Balaban J connectivity index is 2.18. The molecule has 0 aliphatic heterocycles. The van der Waals surface area contributed by atoms with Gasteiger partial charge in [0.25, 0.3) is 0 Å². The van der Waals surface area contributed by atoms with E-state index in [1.807, 2.05) is 20.8 Å². The summed E-state index contributed by atoms with van der Waals surface area (Å²) in [5, 5.41) is 2.90. The Morgan fingerprint density at radius 3 is 1.86 bits per heavy atom. The van der Waals surface area contributed by atoms with Crippen LogP contribution in [0, 0.1) is 11.8 Å². The zero-order valence-electron chi connectivity index (χ0n) is 24.2. The molecule has 1 N–H and O–H groups in total. The van der Waals surface area contributed by atoms with E-state index in [1.165, 1.54) is 77.0 Å². The maximum Gasteiger partial charge on any atom is 0.508 e. The van der Waals surface area contributed by atoms with Crippen molar-refractivity contribution in [2.45, 2.75) is 155 Å². The van der Waals surface area contributed by atoms with Crippen LogP contribution in [0.4, 0.5) is 9.59 Å². The highest BCUT2D eigenvalue weighted by Crippen LogP contribution is 2.30. The Morgan fingerprint density at radius 1 is 0.806 bits per heavy atom. The molecule has 0 aromatic heterocycles. The molecule has 36 heavy (non-hydrogen) atoms. The Kier molecular flexibility index (Phi) is 17.8. The highest BCUT2D eigenvalue weighted by molar-refractivity contribution is 5.68. The zero-order valence-corrected chi connectivity index (χ0v) is 24.2. The van der Waals surface area contributed by atoms with Crippen molar-refractivity contribution in [1.29, 1.82) is 0 Å². The van der Waals surface area contributed by atoms with E-state index in [0.717, 1.165) is 32.1 Å². The summed E-state index contributed by atoms with van der Waals surface area (Å²) in [5.41, 5.74) is -0.482. The predicted octanol–water partition coefficient (Wildman–Crippen LogP) is 8.95. The monoisotopic (exact) mass is 511 g/mol. The minimum absolute atomic E-state index is 0.154. The highest BCUT2D eigenvalue weighted by atomic mass is 16.7. The van der Waals surface area contributed by atoms with Gasteiger partial charge in [-0.3, -0.25) is 0 Å². The van der Waals surface area contributed by atoms with Gasteiger partial charge in [-0.05, 0) is 64.7 Å². The van der Waals surface area contributed by atoms with Gasteiger partial charge in [-0.1, -0.05) is 90.9 Å². The normalized spacial score (nSPS) is 17.5. The molecule has 0 atom stereocenters. The number of alkyl carbamates (subject to hydrolysis) is 1. The van der Waals surface area contributed by atoms with Gasteiger partial charge in [0.15, 0.2) is 0 Å². The number of hydrogen-bond acceptors (Lipinski definition) is 5. The molecule has 0 aromatic carbocycles. The second-order valence-electron chi connectivity index (χ2n) is 11.9. The van der Waals surface area contributed by atoms with Crippen LogP contribution in [0.3, 0.4) is 0 Å². The lowest BCUT2D eigenvalue weighted by molar-refractivity contribution is 0.0318. The van der Waals surface area contributed by atoms with E-state index in [2.05, 4.69) is 19.2 Å². The first kappa shape index (κ1) is 32.6. The van der Waals surface area contributed by atoms with Crippen LogP contribution in [-0.2, 0) is 14.2 Å². The molecule has 212 valence electrons. The molecular weight excluding hydrogens is 454 g/mol. The molecular formula is C30H57NO5. The fourth-order valence-electron chi connectivity index (χ4n) is 4.84. The summed E-state index contributed by atoms with van der Waals surface area (Å²) in [6, 6.07) is 0.154. The molecule has 0 unspecified atom stereocenters. The Hall–Kier alpha value is -1.46. The van der Waals surface area contributed by atoms with Crippen LogP contribution in [0.15, 0.2) is 0 Å². The first-order valence-corrected chi connectivity index (χ1v) is 15.0. The predicted molar refractivity (Wildman–Crippen MR) is 147 cm³/mol. The smallest absolute Gasteiger partial charge is 0.444 e. The van der Waals surface area contributed by atoms with Gasteiger partial charge in [0.2, 0.25) is 0 Å². The molecule has 6 heteroatoms. The minimum atomic E-state index is -0.534. The number of ether oxygens (including phenoxy) is 3. The van der Waals surface area contributed by atoms with Gasteiger partial charge in [-0.2, -0.15) is 0 Å². The van der Waals surface area contributed by atoms with E-state index in [4.69, 9.17) is 14.2 Å². The van der Waals surface area contributed by atoms with Gasteiger partial charge in [0.1, 0.15) is 5.60 Å². The van der Waals surface area contributed by atoms with E-state index >= 15 is 0 Å². The van der Waals surface area contributed by atoms with Crippen LogP contribution in [0.1, 0.15) is 144 Å². The van der Waals surface area contributed by atoms with Gasteiger partial charge >= 0.3 is 12.2 Å². The van der Waals surface area contributed by atoms with Crippen molar-refractivity contribution in [3.8, 4) is 0 Å². The van der Waals surface area contributed by atoms with Crippen LogP contribution in [0.25, 0.3) is 0 Å². The van der Waals surface area contributed by atoms with E-state index in [9.17, 15) is 9.59 Å². The maximum atomic E-state index is 12.2. The third kappa shape index (κ3) is 17.9. The lowest BCUT2D eigenvalue weighted by Crippen LogP contribution is -2.46. The zero-order chi connectivity index (χ0) is 26.7. The number of nitrogens with one attached hydrogen (secondary N) is 1. The molecule has 0 spiro atoms. The summed E-state index contributed by atoms with van der Waals surface area (Å²) in [4.78, 5) is 24.0. The van der Waals surface area contributed by atoms with Crippen LogP contribution in [0.2, 0.25) is 0 Å². The van der Waals surface area contributed by atoms with Gasteiger partial charge < -0.3 is 19.5 Å². The van der Waals surface area contributed by atoms with Gasteiger partial charge in [0, 0.05) is 6.04 Å². The number of carbonyl (C=O) groups is 2. The average molecular weight is 512 g/mol. The molecule has 1 rings (SSSR count). The maximum absolute atomic E-state index is 12.2. The number of hydrogen-bond donors (Lipinski definition) is 1. The van der Waals surface area contributed by atoms with Gasteiger partial charge in [-0.25, -0.2) is 9.59 Å². The van der Waals surface area contributed by atoms with Gasteiger partial charge in [0.05, 0.1) is 13.2 Å². The van der Waals surface area contributed by atoms with Crippen LogP contribution >= 0.6 is 0 Å². The number of carbonyl (C=O) groups excluding carboxylic acids is 2. The number of amides is 1. The van der Waals surface area contributed by atoms with E-state index in [0.29, 0.717) is 25.0 Å². The second kappa shape index (κ2) is 19.6. The molecule has 6 nitrogen and oxygen atoms in total. The Labute approximate surface area is 222 Å². The van der Waals surface area contributed by atoms with E-state index in [-0.39, 0.29) is 12.1 Å². The summed E-state index contributed by atoms with van der Waals surface area (Å²) in [6.07, 6.45) is 19.5. The van der Waals surface area contributed by atoms with Crippen molar-refractivity contribution < 1.29 is 23.8 Å². The molecule has 0 radical (unpaired) electrons. The topological polar surface area (TPSA) is 73.9 Å². The molecule has 0 aromatic rings. The molecule has 1 aliphatic rings. The van der Waals surface area contributed by atoms with Crippen molar-refractivity contribution in [3.05, 3.63) is 0 Å². The summed E-state index contributed by atoms with van der Waals surface area (Å²) < 4.78 is 16.2. The molecule has 0 heterocycles. The SMILES string of the molecule is CCCCCCCCC(CCCCCCCC)COC(=O)OCCC1CC(NC(=O)OC(C)(C)C)C1. The van der Waals surface area contributed by atoms with Crippen molar-refractivity contribution >= 4 is 12.2 Å². The van der Waals surface area contributed by atoms with Crippen LogP contribution in [-0.4, -0.2) is 37.1 Å². The standard InChI is InChI=1S/C30H57NO5/c1-6-8-10-12-14-16-18-25(19-17-15-13-11-9-7-2)24-35-29(33)34-21-20-26-22-27(23-26)31-28(32)36-30(3,4)5/h25-27H,6-24H2,1-5H3,(H,31,32). The number of unbranched alkanes of at least 4 members (excludes halogenated alkanes) is 10. The van der Waals surface area contributed by atoms with Crippen LogP contribution in [0.5, 0.6) is 0 Å². The third-order valence-corrected chi connectivity index (χ3v) is 7.07. The molecule has 1 saturated carbocycles. The fraction of sp³-hybridized carbons (Fsp3) is 0.933. The molecule has 0 bridgehead atoms. The van der Waals surface area contributed by atoms with Crippen molar-refractivity contribution in [2.24, 2.45) is 11.8 Å². The van der Waals surface area contributed by atoms with Crippen molar-refractivity contribution in [2.75, 3.05) is 13.2 Å². The van der Waals surface area contributed by atoms with Crippen LogP contribution < -0.4 is 5.32 Å². The highest BCUT2D eigenvalue weighted by Gasteiger charge is 2.31. The Bertz CT molecular complexity index is 552. The molecule has 1 fully saturated rings. The van der Waals surface area contributed by atoms with E-state index < -0.39 is 11.8 Å². The van der Waals surface area contributed by atoms with Crippen molar-refractivity contribution in [3.63, 3.8) is 0 Å². The molecule has 1 amide bonds. The Morgan fingerprint density at radius 2 is 1.33 bits per heavy atom. The first-order valence-electron chi connectivity index (χ1n) is 15.0. The fourth-order valence-corrected chi connectivity index (χ4v) is 4.84. The molecule has 1 aliphatic carbocycles. The number of rotatable bonds is 20. The lowest BCUT2D eigenvalue weighted by atomic mass is 9.78. The van der Waals surface area contributed by atoms with Crippen molar-refractivity contribution in [1.82, 2.24) is 5.32 Å². The average Bonchev–Trinajstić information content (AvgIpc) is 2.78. The first-order chi connectivity index (χ1) is 17.2. The third-order valence-electron chi connectivity index (χ3n) is 7.07. The summed E-state index contributed by atoms with van der Waals surface area (Å²) in [5.74, 6) is 0.909. The minimum Gasteiger partial charge on any atom is -0.444 e. The largest absolute Gasteiger partial charge is 0.508 e. The summed E-state index contributed by atoms with van der Waals surface area (Å²) >= 11 is 0. The second-order valence-corrected chi connectivity index (χ2v) is 11.9. The van der Waals surface area contributed by atoms with Gasteiger partial charge in [-0.15, -0.1) is 0 Å². The quantitative estimate of drug-likeness (QED) is 0.130.